The van der Waals surface area contributed by atoms with Crippen molar-refractivity contribution >= 4 is 22.6 Å². The molecule has 0 bridgehead atoms. The standard InChI is InChI=1S/C26H26N2O3/c1-28-13-11-21-17-20(8-9-24(21)28)22-15-19(7-10-25(29)30)16-23(27)26(22)31-14-12-18-5-3-2-4-6-18/h2-6,8-9,11,13,15-17H,7,10,12,14,27H2,1H3,(H,29,30). The lowest BCUT2D eigenvalue weighted by Crippen LogP contribution is -2.06. The highest BCUT2D eigenvalue weighted by Crippen LogP contribution is 2.38. The fourth-order valence-corrected chi connectivity index (χ4v) is 3.85. The molecule has 3 aromatic carbocycles. The van der Waals surface area contributed by atoms with E-state index in [4.69, 9.17) is 15.6 Å². The highest BCUT2D eigenvalue weighted by atomic mass is 16.5. The number of benzene rings is 3. The molecule has 1 aromatic heterocycles. The number of rotatable bonds is 8. The monoisotopic (exact) mass is 414 g/mol. The van der Waals surface area contributed by atoms with Gasteiger partial charge in [-0.1, -0.05) is 36.4 Å². The van der Waals surface area contributed by atoms with Crippen molar-refractivity contribution in [2.75, 3.05) is 12.3 Å². The Labute approximate surface area is 181 Å². The van der Waals surface area contributed by atoms with Crippen molar-refractivity contribution in [1.29, 1.82) is 0 Å². The van der Waals surface area contributed by atoms with Crippen LogP contribution >= 0.6 is 0 Å². The molecule has 0 saturated carbocycles. The molecule has 4 rings (SSSR count). The minimum Gasteiger partial charge on any atom is -0.490 e. The van der Waals surface area contributed by atoms with Gasteiger partial charge in [-0.2, -0.15) is 0 Å². The highest BCUT2D eigenvalue weighted by molar-refractivity contribution is 5.88. The average molecular weight is 415 g/mol. The smallest absolute Gasteiger partial charge is 0.303 e. The molecule has 158 valence electrons. The zero-order chi connectivity index (χ0) is 21.8. The van der Waals surface area contributed by atoms with Crippen LogP contribution in [0.15, 0.2) is 72.9 Å². The fraction of sp³-hybridized carbons (Fsp3) is 0.192. The van der Waals surface area contributed by atoms with E-state index in [2.05, 4.69) is 41.0 Å². The second-order valence-electron chi connectivity index (χ2n) is 7.74. The zero-order valence-corrected chi connectivity index (χ0v) is 17.5. The Morgan fingerprint density at radius 3 is 2.58 bits per heavy atom. The number of nitrogen functional groups attached to an aromatic ring is 1. The number of nitrogens with two attached hydrogens (primary N) is 1. The van der Waals surface area contributed by atoms with E-state index in [1.165, 1.54) is 5.56 Å². The van der Waals surface area contributed by atoms with Crippen LogP contribution in [0.1, 0.15) is 17.5 Å². The highest BCUT2D eigenvalue weighted by Gasteiger charge is 2.14. The number of aryl methyl sites for hydroxylation is 2. The number of carbonyl (C=O) groups is 1. The summed E-state index contributed by atoms with van der Waals surface area (Å²) >= 11 is 0. The summed E-state index contributed by atoms with van der Waals surface area (Å²) in [5, 5.41) is 10.2. The molecule has 0 aliphatic heterocycles. The summed E-state index contributed by atoms with van der Waals surface area (Å²) in [4.78, 5) is 11.0. The molecule has 0 aliphatic carbocycles. The molecule has 0 radical (unpaired) electrons. The Bertz CT molecular complexity index is 1210. The number of aliphatic carboxylic acids is 1. The van der Waals surface area contributed by atoms with Crippen LogP contribution in [0, 0.1) is 0 Å². The first-order valence-electron chi connectivity index (χ1n) is 10.4. The molecule has 0 saturated heterocycles. The SMILES string of the molecule is Cn1ccc2cc(-c3cc(CCC(=O)O)cc(N)c3OCCc3ccccc3)ccc21. The number of nitrogens with zero attached hydrogens (tertiary/aromatic N) is 1. The van der Waals surface area contributed by atoms with E-state index in [0.717, 1.165) is 34.0 Å². The molecule has 3 N–H and O–H groups in total. The van der Waals surface area contributed by atoms with Crippen LogP contribution in [-0.2, 0) is 24.7 Å². The molecule has 5 heteroatoms. The van der Waals surface area contributed by atoms with Gasteiger partial charge in [0.2, 0.25) is 0 Å². The Kier molecular flexibility index (Phi) is 5.94. The Balaban J connectivity index is 1.68. The van der Waals surface area contributed by atoms with E-state index in [1.54, 1.807) is 0 Å². The van der Waals surface area contributed by atoms with Crippen LogP contribution in [0.5, 0.6) is 5.75 Å². The Morgan fingerprint density at radius 2 is 1.81 bits per heavy atom. The minimum absolute atomic E-state index is 0.0603. The van der Waals surface area contributed by atoms with Crippen LogP contribution in [0.25, 0.3) is 22.0 Å². The first-order chi connectivity index (χ1) is 15.0. The van der Waals surface area contributed by atoms with Crippen molar-refractivity contribution in [3.05, 3.63) is 84.1 Å². The second-order valence-corrected chi connectivity index (χ2v) is 7.74. The number of aromatic nitrogens is 1. The third-order valence-electron chi connectivity index (χ3n) is 5.48. The second kappa shape index (κ2) is 8.96. The van der Waals surface area contributed by atoms with Crippen LogP contribution in [-0.4, -0.2) is 22.2 Å². The van der Waals surface area contributed by atoms with E-state index in [9.17, 15) is 4.79 Å². The normalized spacial score (nSPS) is 11.0. The number of carboxylic acid groups (broad SMARTS) is 1. The lowest BCUT2D eigenvalue weighted by atomic mass is 9.97. The predicted molar refractivity (Wildman–Crippen MR) is 124 cm³/mol. The number of ether oxygens (including phenoxy) is 1. The zero-order valence-electron chi connectivity index (χ0n) is 17.5. The topological polar surface area (TPSA) is 77.5 Å². The lowest BCUT2D eigenvalue weighted by Gasteiger charge is -2.17. The molecule has 0 amide bonds. The van der Waals surface area contributed by atoms with E-state index >= 15 is 0 Å². The van der Waals surface area contributed by atoms with E-state index < -0.39 is 5.97 Å². The molecule has 0 fully saturated rings. The molecule has 0 unspecified atom stereocenters. The van der Waals surface area contributed by atoms with Gasteiger partial charge in [-0.15, -0.1) is 0 Å². The first kappa shape index (κ1) is 20.5. The van der Waals surface area contributed by atoms with E-state index in [-0.39, 0.29) is 6.42 Å². The Morgan fingerprint density at radius 1 is 1.00 bits per heavy atom. The van der Waals surface area contributed by atoms with Gasteiger partial charge in [-0.3, -0.25) is 4.79 Å². The lowest BCUT2D eigenvalue weighted by molar-refractivity contribution is -0.136. The maximum absolute atomic E-state index is 11.0. The summed E-state index contributed by atoms with van der Waals surface area (Å²) in [6, 6.07) is 22.3. The summed E-state index contributed by atoms with van der Waals surface area (Å²) < 4.78 is 8.26. The van der Waals surface area contributed by atoms with Gasteiger partial charge in [0.05, 0.1) is 12.3 Å². The molecule has 0 aliphatic rings. The van der Waals surface area contributed by atoms with Crippen LogP contribution < -0.4 is 10.5 Å². The van der Waals surface area contributed by atoms with E-state index in [0.29, 0.717) is 24.5 Å². The van der Waals surface area contributed by atoms with Crippen molar-refractivity contribution < 1.29 is 14.6 Å². The maximum atomic E-state index is 11.0. The van der Waals surface area contributed by atoms with Gasteiger partial charge in [0.1, 0.15) is 5.75 Å². The maximum Gasteiger partial charge on any atom is 0.303 e. The van der Waals surface area contributed by atoms with Gasteiger partial charge in [-0.25, -0.2) is 0 Å². The molecule has 0 atom stereocenters. The van der Waals surface area contributed by atoms with Gasteiger partial charge < -0.3 is 20.1 Å². The summed E-state index contributed by atoms with van der Waals surface area (Å²) in [5.74, 6) is -0.181. The minimum atomic E-state index is -0.825. The van der Waals surface area contributed by atoms with Crippen molar-refractivity contribution in [3.63, 3.8) is 0 Å². The summed E-state index contributed by atoms with van der Waals surface area (Å²) in [6.45, 7) is 0.503. The summed E-state index contributed by atoms with van der Waals surface area (Å²) in [6.07, 6.45) is 3.29. The summed E-state index contributed by atoms with van der Waals surface area (Å²) in [5.41, 5.74) is 12.0. The molecule has 31 heavy (non-hydrogen) atoms. The average Bonchev–Trinajstić information content (AvgIpc) is 3.14. The van der Waals surface area contributed by atoms with Gasteiger partial charge in [0, 0.05) is 42.6 Å². The Hall–Kier alpha value is -3.73. The fourth-order valence-electron chi connectivity index (χ4n) is 3.85. The molecular formula is C26H26N2O3. The molecule has 4 aromatic rings. The van der Waals surface area contributed by atoms with Gasteiger partial charge >= 0.3 is 5.97 Å². The number of anilines is 1. The van der Waals surface area contributed by atoms with Crippen molar-refractivity contribution in [1.82, 2.24) is 4.57 Å². The number of hydrogen-bond acceptors (Lipinski definition) is 3. The third kappa shape index (κ3) is 4.72. The molecule has 0 spiro atoms. The predicted octanol–water partition coefficient (Wildman–Crippen LogP) is 5.07. The number of fused-ring (bicyclic) bond motifs is 1. The molecular weight excluding hydrogens is 388 g/mol. The van der Waals surface area contributed by atoms with Crippen LogP contribution in [0.2, 0.25) is 0 Å². The molecule has 5 nitrogen and oxygen atoms in total. The van der Waals surface area contributed by atoms with Crippen molar-refractivity contribution in [2.45, 2.75) is 19.3 Å². The van der Waals surface area contributed by atoms with Gasteiger partial charge in [0.25, 0.3) is 0 Å². The summed E-state index contributed by atoms with van der Waals surface area (Å²) in [7, 11) is 2.02. The van der Waals surface area contributed by atoms with Gasteiger partial charge in [0.15, 0.2) is 0 Å². The van der Waals surface area contributed by atoms with Gasteiger partial charge in [-0.05, 0) is 53.4 Å². The number of carboxylic acids is 1. The van der Waals surface area contributed by atoms with Crippen LogP contribution in [0.4, 0.5) is 5.69 Å². The van der Waals surface area contributed by atoms with Crippen molar-refractivity contribution in [3.8, 4) is 16.9 Å². The quantitative estimate of drug-likeness (QED) is 0.395. The van der Waals surface area contributed by atoms with E-state index in [1.807, 2.05) is 43.6 Å². The first-order valence-corrected chi connectivity index (χ1v) is 10.4. The largest absolute Gasteiger partial charge is 0.490 e. The number of hydrogen-bond donors (Lipinski definition) is 2. The third-order valence-corrected chi connectivity index (χ3v) is 5.48. The molecule has 1 heterocycles. The van der Waals surface area contributed by atoms with Crippen LogP contribution in [0.3, 0.4) is 0 Å². The van der Waals surface area contributed by atoms with Crippen molar-refractivity contribution in [2.24, 2.45) is 7.05 Å².